The van der Waals surface area contributed by atoms with E-state index < -0.39 is 0 Å². The second-order valence-corrected chi connectivity index (χ2v) is 4.78. The molecule has 1 aromatic carbocycles. The highest BCUT2D eigenvalue weighted by Crippen LogP contribution is 2.22. The van der Waals surface area contributed by atoms with Gasteiger partial charge in [0.1, 0.15) is 0 Å². The lowest BCUT2D eigenvalue weighted by Gasteiger charge is -2.16. The third kappa shape index (κ3) is 3.15. The highest BCUT2D eigenvalue weighted by atomic mass is 35.5. The number of carbonyl (C=O) groups is 1. The molecule has 2 aromatic rings. The summed E-state index contributed by atoms with van der Waals surface area (Å²) in [4.78, 5) is 17.2. The quantitative estimate of drug-likeness (QED) is 0.907. The molecule has 0 fully saturated rings. The Hall–Kier alpha value is -1.79. The van der Waals surface area contributed by atoms with Crippen LogP contribution < -0.4 is 5.73 Å². The summed E-state index contributed by atoms with van der Waals surface area (Å²) in [7, 11) is 1.63. The number of aromatic amines is 1. The van der Waals surface area contributed by atoms with Crippen LogP contribution in [0.4, 0.5) is 5.95 Å². The van der Waals surface area contributed by atoms with Gasteiger partial charge in [-0.2, -0.15) is 4.98 Å². The average molecular weight is 300 g/mol. The van der Waals surface area contributed by atoms with E-state index in [9.17, 15) is 4.79 Å². The molecule has 0 unspecified atom stereocenters. The number of carbonyl (C=O) groups excluding carboxylic acids is 1. The van der Waals surface area contributed by atoms with Crippen LogP contribution in [0.25, 0.3) is 0 Å². The van der Waals surface area contributed by atoms with E-state index in [4.69, 9.17) is 28.9 Å². The number of H-pyrrole nitrogens is 1. The molecular weight excluding hydrogens is 289 g/mol. The lowest BCUT2D eigenvalue weighted by atomic mass is 10.2. The first-order valence-corrected chi connectivity index (χ1v) is 6.10. The molecule has 0 aliphatic carbocycles. The number of hydrogen-bond donors (Lipinski definition) is 2. The Bertz CT molecular complexity index is 613. The zero-order chi connectivity index (χ0) is 14.0. The van der Waals surface area contributed by atoms with Crippen LogP contribution in [0, 0.1) is 0 Å². The lowest BCUT2D eigenvalue weighted by molar-refractivity contribution is 0.0773. The van der Waals surface area contributed by atoms with E-state index in [1.54, 1.807) is 25.2 Å². The molecule has 0 saturated carbocycles. The Morgan fingerprint density at radius 2 is 2.21 bits per heavy atom. The number of benzene rings is 1. The highest BCUT2D eigenvalue weighted by molar-refractivity contribution is 6.35. The van der Waals surface area contributed by atoms with Crippen LogP contribution in [0.2, 0.25) is 10.0 Å². The Labute approximate surface area is 119 Å². The second kappa shape index (κ2) is 5.46. The van der Waals surface area contributed by atoms with Crippen molar-refractivity contribution in [3.63, 3.8) is 0 Å². The number of nitrogens with zero attached hydrogens (tertiary/aromatic N) is 3. The second-order valence-electron chi connectivity index (χ2n) is 3.94. The van der Waals surface area contributed by atoms with Crippen molar-refractivity contribution in [1.82, 2.24) is 20.1 Å². The van der Waals surface area contributed by atoms with E-state index in [1.165, 1.54) is 4.90 Å². The third-order valence-electron chi connectivity index (χ3n) is 2.47. The molecule has 6 nitrogen and oxygen atoms in total. The normalized spacial score (nSPS) is 10.5. The van der Waals surface area contributed by atoms with Crippen molar-refractivity contribution in [1.29, 1.82) is 0 Å². The van der Waals surface area contributed by atoms with Gasteiger partial charge in [0.25, 0.3) is 5.91 Å². The van der Waals surface area contributed by atoms with Crippen molar-refractivity contribution >= 4 is 35.1 Å². The zero-order valence-corrected chi connectivity index (χ0v) is 11.5. The van der Waals surface area contributed by atoms with Gasteiger partial charge in [-0.1, -0.05) is 29.3 Å². The largest absolute Gasteiger partial charge is 0.366 e. The predicted molar refractivity (Wildman–Crippen MR) is 73.1 cm³/mol. The van der Waals surface area contributed by atoms with Crippen molar-refractivity contribution in [3.8, 4) is 0 Å². The van der Waals surface area contributed by atoms with Gasteiger partial charge < -0.3 is 10.6 Å². The van der Waals surface area contributed by atoms with Crippen molar-refractivity contribution in [3.05, 3.63) is 39.6 Å². The van der Waals surface area contributed by atoms with Crippen molar-refractivity contribution < 1.29 is 4.79 Å². The molecule has 19 heavy (non-hydrogen) atoms. The van der Waals surface area contributed by atoms with Crippen LogP contribution in [0.3, 0.4) is 0 Å². The molecule has 0 spiro atoms. The smallest absolute Gasteiger partial charge is 0.291 e. The highest BCUT2D eigenvalue weighted by Gasteiger charge is 2.17. The van der Waals surface area contributed by atoms with Gasteiger partial charge in [0.05, 0.1) is 0 Å². The van der Waals surface area contributed by atoms with Crippen LogP contribution >= 0.6 is 23.2 Å². The van der Waals surface area contributed by atoms with E-state index in [0.717, 1.165) is 5.56 Å². The molecule has 8 heteroatoms. The molecule has 0 saturated heterocycles. The lowest BCUT2D eigenvalue weighted by Crippen LogP contribution is -2.27. The Morgan fingerprint density at radius 3 is 2.79 bits per heavy atom. The number of nitrogens with two attached hydrogens (primary N) is 1. The standard InChI is InChI=1S/C11H11Cl2N5O/c1-18(10(19)9-15-11(14)17-16-9)5-6-2-3-7(12)4-8(6)13/h2-4H,5H2,1H3,(H3,14,15,16,17). The maximum atomic E-state index is 12.0. The van der Waals surface area contributed by atoms with Crippen molar-refractivity contribution in [2.45, 2.75) is 6.54 Å². The minimum absolute atomic E-state index is 0.0290. The maximum Gasteiger partial charge on any atom is 0.291 e. The summed E-state index contributed by atoms with van der Waals surface area (Å²) in [6.45, 7) is 0.329. The van der Waals surface area contributed by atoms with Crippen LogP contribution in [-0.4, -0.2) is 33.0 Å². The van der Waals surface area contributed by atoms with Crippen LogP contribution in [0.15, 0.2) is 18.2 Å². The summed E-state index contributed by atoms with van der Waals surface area (Å²) in [5.74, 6) is -0.207. The molecule has 1 amide bonds. The molecule has 0 aliphatic rings. The Kier molecular flexibility index (Phi) is 3.92. The van der Waals surface area contributed by atoms with E-state index in [-0.39, 0.29) is 17.7 Å². The SMILES string of the molecule is CN(Cc1ccc(Cl)cc1Cl)C(=O)c1nc(N)n[nH]1. The summed E-state index contributed by atoms with van der Waals surface area (Å²) in [5, 5.41) is 7.12. The minimum atomic E-state index is -0.324. The molecule has 100 valence electrons. The average Bonchev–Trinajstić information content (AvgIpc) is 2.78. The monoisotopic (exact) mass is 299 g/mol. The molecule has 0 atom stereocenters. The number of aromatic nitrogens is 3. The minimum Gasteiger partial charge on any atom is -0.366 e. The molecule has 0 bridgehead atoms. The molecule has 1 aromatic heterocycles. The number of halogens is 2. The van der Waals surface area contributed by atoms with E-state index in [0.29, 0.717) is 16.6 Å². The number of rotatable bonds is 3. The number of nitrogen functional groups attached to an aromatic ring is 1. The number of hydrogen-bond acceptors (Lipinski definition) is 4. The summed E-state index contributed by atoms with van der Waals surface area (Å²) in [5.41, 5.74) is 6.14. The van der Waals surface area contributed by atoms with E-state index in [2.05, 4.69) is 15.2 Å². The molecule has 2 rings (SSSR count). The van der Waals surface area contributed by atoms with Crippen molar-refractivity contribution in [2.75, 3.05) is 12.8 Å². The first kappa shape index (κ1) is 13.6. The van der Waals surface area contributed by atoms with Gasteiger partial charge in [-0.05, 0) is 17.7 Å². The number of anilines is 1. The number of nitrogens with one attached hydrogen (secondary N) is 1. The fourth-order valence-electron chi connectivity index (χ4n) is 1.53. The molecule has 3 N–H and O–H groups in total. The van der Waals surface area contributed by atoms with E-state index in [1.807, 2.05) is 0 Å². The first-order chi connectivity index (χ1) is 8.97. The van der Waals surface area contributed by atoms with Gasteiger partial charge in [0.2, 0.25) is 11.8 Å². The van der Waals surface area contributed by atoms with Gasteiger partial charge >= 0.3 is 0 Å². The topological polar surface area (TPSA) is 87.9 Å². The van der Waals surface area contributed by atoms with Crippen LogP contribution in [-0.2, 0) is 6.54 Å². The predicted octanol–water partition coefficient (Wildman–Crippen LogP) is 1.97. The molecule has 0 radical (unpaired) electrons. The van der Waals surface area contributed by atoms with Gasteiger partial charge in [-0.15, -0.1) is 5.10 Å². The fourth-order valence-corrected chi connectivity index (χ4v) is 2.00. The molecule has 1 heterocycles. The zero-order valence-electron chi connectivity index (χ0n) is 10.0. The fraction of sp³-hybridized carbons (Fsp3) is 0.182. The van der Waals surface area contributed by atoms with Gasteiger partial charge in [-0.3, -0.25) is 9.89 Å². The van der Waals surface area contributed by atoms with Crippen LogP contribution in [0.5, 0.6) is 0 Å². The summed E-state index contributed by atoms with van der Waals surface area (Å²) in [6.07, 6.45) is 0. The maximum absolute atomic E-state index is 12.0. The number of amides is 1. The first-order valence-electron chi connectivity index (χ1n) is 5.34. The Morgan fingerprint density at radius 1 is 1.47 bits per heavy atom. The summed E-state index contributed by atoms with van der Waals surface area (Å²) in [6, 6.07) is 5.11. The van der Waals surface area contributed by atoms with Crippen molar-refractivity contribution in [2.24, 2.45) is 0 Å². The third-order valence-corrected chi connectivity index (χ3v) is 3.06. The Balaban J connectivity index is 2.12. The van der Waals surface area contributed by atoms with Gasteiger partial charge in [0.15, 0.2) is 0 Å². The summed E-state index contributed by atoms with van der Waals surface area (Å²) < 4.78 is 0. The van der Waals surface area contributed by atoms with Gasteiger partial charge in [0, 0.05) is 23.6 Å². The van der Waals surface area contributed by atoms with Crippen LogP contribution in [0.1, 0.15) is 16.2 Å². The summed E-state index contributed by atoms with van der Waals surface area (Å²) >= 11 is 11.9. The molecular formula is C11H11Cl2N5O. The van der Waals surface area contributed by atoms with Gasteiger partial charge in [-0.25, -0.2) is 0 Å². The molecule has 0 aliphatic heterocycles. The van der Waals surface area contributed by atoms with E-state index >= 15 is 0 Å².